The Balaban J connectivity index is 2.04. The SMILES string of the molecule is COc1cc(OCc2ccccc2)ccc1Cl. The fraction of sp³-hybridized carbons (Fsp3) is 0.143. The Morgan fingerprint density at radius 3 is 2.53 bits per heavy atom. The van der Waals surface area contributed by atoms with E-state index in [9.17, 15) is 0 Å². The van der Waals surface area contributed by atoms with E-state index in [1.807, 2.05) is 36.4 Å². The molecule has 3 heteroatoms. The second-order valence-electron chi connectivity index (χ2n) is 3.57. The molecule has 0 saturated carbocycles. The van der Waals surface area contributed by atoms with Gasteiger partial charge in [-0.3, -0.25) is 0 Å². The molecule has 0 saturated heterocycles. The van der Waals surface area contributed by atoms with E-state index in [1.165, 1.54) is 0 Å². The lowest BCUT2D eigenvalue weighted by Crippen LogP contribution is -1.95. The molecule has 88 valence electrons. The fourth-order valence-electron chi connectivity index (χ4n) is 1.47. The highest BCUT2D eigenvalue weighted by Crippen LogP contribution is 2.28. The predicted molar refractivity (Wildman–Crippen MR) is 68.8 cm³/mol. The molecule has 0 aromatic heterocycles. The molecule has 0 aliphatic rings. The van der Waals surface area contributed by atoms with Crippen LogP contribution < -0.4 is 9.47 Å². The van der Waals surface area contributed by atoms with Crippen LogP contribution in [0.15, 0.2) is 48.5 Å². The first-order valence-corrected chi connectivity index (χ1v) is 5.67. The minimum Gasteiger partial charge on any atom is -0.495 e. The Kier molecular flexibility index (Phi) is 3.89. The van der Waals surface area contributed by atoms with Gasteiger partial charge in [0.05, 0.1) is 12.1 Å². The zero-order chi connectivity index (χ0) is 12.1. The van der Waals surface area contributed by atoms with Crippen LogP contribution in [-0.2, 0) is 6.61 Å². The lowest BCUT2D eigenvalue weighted by molar-refractivity contribution is 0.303. The monoisotopic (exact) mass is 248 g/mol. The van der Waals surface area contributed by atoms with Crippen LogP contribution >= 0.6 is 11.6 Å². The average molecular weight is 249 g/mol. The van der Waals surface area contributed by atoms with E-state index in [2.05, 4.69) is 0 Å². The quantitative estimate of drug-likeness (QED) is 0.816. The van der Waals surface area contributed by atoms with Gasteiger partial charge >= 0.3 is 0 Å². The molecular weight excluding hydrogens is 236 g/mol. The van der Waals surface area contributed by atoms with Crippen molar-refractivity contribution in [3.8, 4) is 11.5 Å². The van der Waals surface area contributed by atoms with Crippen molar-refractivity contribution in [2.24, 2.45) is 0 Å². The molecule has 2 nitrogen and oxygen atoms in total. The molecule has 0 spiro atoms. The summed E-state index contributed by atoms with van der Waals surface area (Å²) in [7, 11) is 1.59. The smallest absolute Gasteiger partial charge is 0.141 e. The lowest BCUT2D eigenvalue weighted by Gasteiger charge is -2.08. The second-order valence-corrected chi connectivity index (χ2v) is 3.98. The second kappa shape index (κ2) is 5.60. The topological polar surface area (TPSA) is 18.5 Å². The molecule has 0 atom stereocenters. The normalized spacial score (nSPS) is 10.0. The van der Waals surface area contributed by atoms with Crippen molar-refractivity contribution < 1.29 is 9.47 Å². The molecule has 0 unspecified atom stereocenters. The standard InChI is InChI=1S/C14H13ClO2/c1-16-14-9-12(7-8-13(14)15)17-10-11-5-3-2-4-6-11/h2-9H,10H2,1H3. The summed E-state index contributed by atoms with van der Waals surface area (Å²) < 4.78 is 10.8. The van der Waals surface area contributed by atoms with Crippen molar-refractivity contribution in [1.29, 1.82) is 0 Å². The van der Waals surface area contributed by atoms with Gasteiger partial charge in [0, 0.05) is 6.07 Å². The molecule has 17 heavy (non-hydrogen) atoms. The van der Waals surface area contributed by atoms with E-state index in [0.717, 1.165) is 11.3 Å². The van der Waals surface area contributed by atoms with E-state index in [-0.39, 0.29) is 0 Å². The maximum Gasteiger partial charge on any atom is 0.141 e. The summed E-state index contributed by atoms with van der Waals surface area (Å²) in [6, 6.07) is 15.4. The van der Waals surface area contributed by atoms with Crippen molar-refractivity contribution in [2.75, 3.05) is 7.11 Å². The summed E-state index contributed by atoms with van der Waals surface area (Å²) in [6.07, 6.45) is 0. The largest absolute Gasteiger partial charge is 0.495 e. The van der Waals surface area contributed by atoms with Crippen LogP contribution in [0.1, 0.15) is 5.56 Å². The van der Waals surface area contributed by atoms with Gasteiger partial charge < -0.3 is 9.47 Å². The first-order chi connectivity index (χ1) is 8.29. The Morgan fingerprint density at radius 1 is 1.06 bits per heavy atom. The molecule has 0 aliphatic heterocycles. The first kappa shape index (κ1) is 11.8. The number of halogens is 1. The molecule has 0 bridgehead atoms. The third kappa shape index (κ3) is 3.14. The number of hydrogen-bond donors (Lipinski definition) is 0. The van der Waals surface area contributed by atoms with Gasteiger partial charge in [-0.25, -0.2) is 0 Å². The number of ether oxygens (including phenoxy) is 2. The summed E-state index contributed by atoms with van der Waals surface area (Å²) >= 11 is 5.93. The molecular formula is C14H13ClO2. The van der Waals surface area contributed by atoms with Crippen LogP contribution in [-0.4, -0.2) is 7.11 Å². The van der Waals surface area contributed by atoms with Crippen LogP contribution in [0.25, 0.3) is 0 Å². The van der Waals surface area contributed by atoms with Crippen molar-refractivity contribution >= 4 is 11.6 Å². The van der Waals surface area contributed by atoms with E-state index >= 15 is 0 Å². The molecule has 2 aromatic carbocycles. The van der Waals surface area contributed by atoms with Gasteiger partial charge in [-0.1, -0.05) is 41.9 Å². The minimum atomic E-state index is 0.533. The zero-order valence-corrected chi connectivity index (χ0v) is 10.3. The highest BCUT2D eigenvalue weighted by Gasteiger charge is 2.02. The molecule has 0 aliphatic carbocycles. The van der Waals surface area contributed by atoms with Gasteiger partial charge in [0.15, 0.2) is 0 Å². The van der Waals surface area contributed by atoms with Crippen molar-refractivity contribution in [3.05, 3.63) is 59.1 Å². The van der Waals surface area contributed by atoms with Crippen LogP contribution in [0.5, 0.6) is 11.5 Å². The van der Waals surface area contributed by atoms with Gasteiger partial charge in [0.1, 0.15) is 18.1 Å². The number of hydrogen-bond acceptors (Lipinski definition) is 2. The number of benzene rings is 2. The van der Waals surface area contributed by atoms with Gasteiger partial charge in [-0.05, 0) is 17.7 Å². The summed E-state index contributed by atoms with van der Waals surface area (Å²) in [5.74, 6) is 1.37. The molecule has 2 aromatic rings. The predicted octanol–water partition coefficient (Wildman–Crippen LogP) is 3.93. The molecule has 0 fully saturated rings. The van der Waals surface area contributed by atoms with Crippen LogP contribution in [0, 0.1) is 0 Å². The summed E-state index contributed by atoms with van der Waals surface area (Å²) in [6.45, 7) is 0.533. The molecule has 2 rings (SSSR count). The molecule has 0 N–H and O–H groups in total. The number of methoxy groups -OCH3 is 1. The lowest BCUT2D eigenvalue weighted by atomic mass is 10.2. The highest BCUT2D eigenvalue weighted by molar-refractivity contribution is 6.32. The third-order valence-electron chi connectivity index (χ3n) is 2.37. The summed E-state index contributed by atoms with van der Waals surface area (Å²) in [5.41, 5.74) is 1.13. The van der Waals surface area contributed by atoms with E-state index in [4.69, 9.17) is 21.1 Å². The summed E-state index contributed by atoms with van der Waals surface area (Å²) in [5, 5.41) is 0.583. The van der Waals surface area contributed by atoms with E-state index in [1.54, 1.807) is 19.2 Å². The van der Waals surface area contributed by atoms with Crippen molar-refractivity contribution in [1.82, 2.24) is 0 Å². The maximum absolute atomic E-state index is 5.93. The fourth-order valence-corrected chi connectivity index (χ4v) is 1.67. The molecule has 0 amide bonds. The van der Waals surface area contributed by atoms with E-state index in [0.29, 0.717) is 17.4 Å². The van der Waals surface area contributed by atoms with Gasteiger partial charge in [-0.15, -0.1) is 0 Å². The maximum atomic E-state index is 5.93. The van der Waals surface area contributed by atoms with Crippen molar-refractivity contribution in [3.63, 3.8) is 0 Å². The Labute approximate surface area is 106 Å². The first-order valence-electron chi connectivity index (χ1n) is 5.30. The highest BCUT2D eigenvalue weighted by atomic mass is 35.5. The number of rotatable bonds is 4. The van der Waals surface area contributed by atoms with Crippen molar-refractivity contribution in [2.45, 2.75) is 6.61 Å². The van der Waals surface area contributed by atoms with Crippen LogP contribution in [0.3, 0.4) is 0 Å². The Hall–Kier alpha value is -1.67. The Morgan fingerprint density at radius 2 is 1.82 bits per heavy atom. The Bertz CT molecular complexity index is 483. The van der Waals surface area contributed by atoms with Crippen LogP contribution in [0.4, 0.5) is 0 Å². The molecule has 0 heterocycles. The third-order valence-corrected chi connectivity index (χ3v) is 2.68. The van der Waals surface area contributed by atoms with Gasteiger partial charge in [-0.2, -0.15) is 0 Å². The van der Waals surface area contributed by atoms with E-state index < -0.39 is 0 Å². The van der Waals surface area contributed by atoms with Gasteiger partial charge in [0.25, 0.3) is 0 Å². The van der Waals surface area contributed by atoms with Gasteiger partial charge in [0.2, 0.25) is 0 Å². The average Bonchev–Trinajstić information content (AvgIpc) is 2.39. The minimum absolute atomic E-state index is 0.533. The molecule has 0 radical (unpaired) electrons. The zero-order valence-electron chi connectivity index (χ0n) is 9.52. The van der Waals surface area contributed by atoms with Crippen LogP contribution in [0.2, 0.25) is 5.02 Å². The summed E-state index contributed by atoms with van der Waals surface area (Å²) in [4.78, 5) is 0.